The van der Waals surface area contributed by atoms with Crippen LogP contribution in [0.15, 0.2) is 59.5 Å². The zero-order valence-corrected chi connectivity index (χ0v) is 17.9. The van der Waals surface area contributed by atoms with Gasteiger partial charge in [-0.15, -0.1) is 0 Å². The normalized spacial score (nSPS) is 16.7. The second kappa shape index (κ2) is 8.80. The van der Waals surface area contributed by atoms with E-state index >= 15 is 0 Å². The van der Waals surface area contributed by atoms with Gasteiger partial charge in [0.25, 0.3) is 11.4 Å². The van der Waals surface area contributed by atoms with E-state index in [4.69, 9.17) is 14.2 Å². The largest absolute Gasteiger partial charge is 0.489 e. The lowest BCUT2D eigenvalue weighted by molar-refractivity contribution is 0.0500. The molecule has 6 heteroatoms. The van der Waals surface area contributed by atoms with E-state index in [-0.39, 0.29) is 18.3 Å². The number of pyridine rings is 2. The summed E-state index contributed by atoms with van der Waals surface area (Å²) in [5, 5.41) is 0. The summed E-state index contributed by atoms with van der Waals surface area (Å²) in [6.45, 7) is 3.03. The highest BCUT2D eigenvalue weighted by molar-refractivity contribution is 5.38. The highest BCUT2D eigenvalue weighted by Gasteiger charge is 2.22. The van der Waals surface area contributed by atoms with Crippen LogP contribution in [-0.4, -0.2) is 28.9 Å². The molecular weight excluding hydrogens is 404 g/mol. The average molecular weight is 428 g/mol. The van der Waals surface area contributed by atoms with Crippen molar-refractivity contribution in [3.8, 4) is 29.2 Å². The Labute approximate surface area is 186 Å². The van der Waals surface area contributed by atoms with Gasteiger partial charge in [0.1, 0.15) is 19.0 Å². The Morgan fingerprint density at radius 3 is 2.94 bits per heavy atom. The van der Waals surface area contributed by atoms with Gasteiger partial charge in [0.2, 0.25) is 0 Å². The van der Waals surface area contributed by atoms with Crippen molar-refractivity contribution in [2.24, 2.45) is 5.92 Å². The van der Waals surface area contributed by atoms with Crippen LogP contribution in [0, 0.1) is 24.7 Å². The van der Waals surface area contributed by atoms with Crippen molar-refractivity contribution < 1.29 is 14.2 Å². The summed E-state index contributed by atoms with van der Waals surface area (Å²) >= 11 is 0. The molecule has 32 heavy (non-hydrogen) atoms. The third-order valence-electron chi connectivity index (χ3n) is 5.45. The fraction of sp³-hybridized carbons (Fsp3) is 0.308. The van der Waals surface area contributed by atoms with Crippen LogP contribution in [0.1, 0.15) is 29.7 Å². The van der Waals surface area contributed by atoms with Gasteiger partial charge in [0.05, 0.1) is 6.54 Å². The number of hydrogen-bond acceptors (Lipinski definition) is 5. The number of fused-ring (bicyclic) bond motifs is 1. The summed E-state index contributed by atoms with van der Waals surface area (Å²) in [4.78, 5) is 16.9. The number of benzene rings is 1. The lowest BCUT2D eigenvalue weighted by Crippen LogP contribution is -2.35. The van der Waals surface area contributed by atoms with E-state index < -0.39 is 0 Å². The molecule has 1 fully saturated rings. The highest BCUT2D eigenvalue weighted by atomic mass is 16.6. The molecule has 1 aliphatic heterocycles. The number of aromatic nitrogens is 2. The molecule has 1 aliphatic carbocycles. The van der Waals surface area contributed by atoms with Crippen LogP contribution in [0.25, 0.3) is 0 Å². The second-order valence-corrected chi connectivity index (χ2v) is 8.17. The minimum absolute atomic E-state index is 0.107. The standard InChI is InChI=1S/C26H24N2O4/c1-18-12-22(30-16-23-17-31-26-24(32-23)6-3-11-27-26)14-25(29)28(18)15-21-5-2-4-20(13-21)10-9-19-7-8-19/h2-6,11-14,19,23H,7-8,15-17H2,1H3. The molecule has 1 unspecified atom stereocenters. The summed E-state index contributed by atoms with van der Waals surface area (Å²) in [7, 11) is 0. The summed E-state index contributed by atoms with van der Waals surface area (Å²) in [6.07, 6.45) is 3.81. The predicted octanol–water partition coefficient (Wildman–Crippen LogP) is 3.58. The third kappa shape index (κ3) is 4.78. The number of nitrogens with zero attached hydrogens (tertiary/aromatic N) is 2. The summed E-state index contributed by atoms with van der Waals surface area (Å²) in [5.74, 6) is 8.70. The molecule has 5 rings (SSSR count). The lowest BCUT2D eigenvalue weighted by atomic mass is 10.1. The number of ether oxygens (including phenoxy) is 3. The quantitative estimate of drug-likeness (QED) is 0.582. The molecule has 1 saturated carbocycles. The molecule has 0 saturated heterocycles. The van der Waals surface area contributed by atoms with E-state index in [2.05, 4.69) is 22.9 Å². The SMILES string of the molecule is Cc1cc(OCC2COc3ncccc3O2)cc(=O)n1Cc1cccc(C#CC2CC2)c1. The van der Waals surface area contributed by atoms with E-state index in [0.29, 0.717) is 36.4 Å². The van der Waals surface area contributed by atoms with Crippen molar-refractivity contribution in [1.82, 2.24) is 9.55 Å². The van der Waals surface area contributed by atoms with E-state index in [9.17, 15) is 4.79 Å². The Morgan fingerprint density at radius 1 is 1.19 bits per heavy atom. The van der Waals surface area contributed by atoms with Gasteiger partial charge >= 0.3 is 0 Å². The van der Waals surface area contributed by atoms with Crippen molar-refractivity contribution in [2.75, 3.05) is 13.2 Å². The zero-order valence-electron chi connectivity index (χ0n) is 17.9. The minimum Gasteiger partial charge on any atom is -0.489 e. The van der Waals surface area contributed by atoms with Crippen LogP contribution in [-0.2, 0) is 6.54 Å². The second-order valence-electron chi connectivity index (χ2n) is 8.17. The summed E-state index contributed by atoms with van der Waals surface area (Å²) < 4.78 is 19.1. The van der Waals surface area contributed by atoms with Crippen LogP contribution >= 0.6 is 0 Å². The summed E-state index contributed by atoms with van der Waals surface area (Å²) in [6, 6.07) is 15.1. The zero-order chi connectivity index (χ0) is 21.9. The average Bonchev–Trinajstić information content (AvgIpc) is 3.63. The molecule has 0 radical (unpaired) electrons. The van der Waals surface area contributed by atoms with Gasteiger partial charge < -0.3 is 18.8 Å². The van der Waals surface area contributed by atoms with Crippen molar-refractivity contribution >= 4 is 0 Å². The maximum absolute atomic E-state index is 12.8. The van der Waals surface area contributed by atoms with Crippen molar-refractivity contribution in [3.05, 3.63) is 81.9 Å². The molecule has 2 aromatic heterocycles. The van der Waals surface area contributed by atoms with Crippen LogP contribution in [0.4, 0.5) is 0 Å². The Hall–Kier alpha value is -3.72. The Bertz CT molecular complexity index is 1250. The molecular formula is C26H24N2O4. The van der Waals surface area contributed by atoms with Crippen molar-refractivity contribution in [1.29, 1.82) is 0 Å². The molecule has 0 N–H and O–H groups in total. The van der Waals surface area contributed by atoms with E-state index in [1.165, 1.54) is 18.9 Å². The maximum atomic E-state index is 12.8. The molecule has 6 nitrogen and oxygen atoms in total. The van der Waals surface area contributed by atoms with Gasteiger partial charge in [0.15, 0.2) is 11.9 Å². The Kier molecular flexibility index (Phi) is 5.55. The molecule has 1 atom stereocenters. The third-order valence-corrected chi connectivity index (χ3v) is 5.45. The van der Waals surface area contributed by atoms with Gasteiger partial charge in [-0.1, -0.05) is 24.0 Å². The molecule has 162 valence electrons. The predicted molar refractivity (Wildman–Crippen MR) is 120 cm³/mol. The van der Waals surface area contributed by atoms with Gasteiger partial charge in [0, 0.05) is 29.4 Å². The summed E-state index contributed by atoms with van der Waals surface area (Å²) in [5.41, 5.74) is 2.76. The van der Waals surface area contributed by atoms with E-state index in [0.717, 1.165) is 16.8 Å². The Morgan fingerprint density at radius 2 is 2.09 bits per heavy atom. The molecule has 2 aliphatic rings. The van der Waals surface area contributed by atoms with Crippen LogP contribution in [0.2, 0.25) is 0 Å². The van der Waals surface area contributed by atoms with Crippen LogP contribution in [0.3, 0.4) is 0 Å². The first-order chi connectivity index (χ1) is 15.6. The first-order valence-corrected chi connectivity index (χ1v) is 10.8. The monoisotopic (exact) mass is 428 g/mol. The molecule has 0 amide bonds. The number of aryl methyl sites for hydroxylation is 1. The minimum atomic E-state index is -0.270. The fourth-order valence-corrected chi connectivity index (χ4v) is 3.56. The van der Waals surface area contributed by atoms with Crippen molar-refractivity contribution in [3.63, 3.8) is 0 Å². The lowest BCUT2D eigenvalue weighted by Gasteiger charge is -2.25. The molecule has 3 heterocycles. The molecule has 0 bridgehead atoms. The van der Waals surface area contributed by atoms with Gasteiger partial charge in [-0.3, -0.25) is 4.79 Å². The van der Waals surface area contributed by atoms with Crippen LogP contribution in [0.5, 0.6) is 17.4 Å². The highest BCUT2D eigenvalue weighted by Crippen LogP contribution is 2.29. The van der Waals surface area contributed by atoms with E-state index in [1.807, 2.05) is 37.3 Å². The van der Waals surface area contributed by atoms with Gasteiger partial charge in [-0.2, -0.15) is 0 Å². The van der Waals surface area contributed by atoms with Gasteiger partial charge in [-0.25, -0.2) is 4.98 Å². The molecule has 3 aromatic rings. The van der Waals surface area contributed by atoms with Gasteiger partial charge in [-0.05, 0) is 55.7 Å². The number of hydrogen-bond donors (Lipinski definition) is 0. The molecule has 0 spiro atoms. The first-order valence-electron chi connectivity index (χ1n) is 10.8. The molecule has 1 aromatic carbocycles. The van der Waals surface area contributed by atoms with Crippen LogP contribution < -0.4 is 19.8 Å². The fourth-order valence-electron chi connectivity index (χ4n) is 3.56. The van der Waals surface area contributed by atoms with E-state index in [1.54, 1.807) is 16.8 Å². The smallest absolute Gasteiger partial charge is 0.257 e. The first kappa shape index (κ1) is 20.2. The maximum Gasteiger partial charge on any atom is 0.257 e. The van der Waals surface area contributed by atoms with Crippen molar-refractivity contribution in [2.45, 2.75) is 32.4 Å². The Balaban J connectivity index is 1.24. The topological polar surface area (TPSA) is 62.6 Å². The number of rotatable bonds is 5.